The highest BCUT2D eigenvalue weighted by Crippen LogP contribution is 2.35. The lowest BCUT2D eigenvalue weighted by Gasteiger charge is -2.38. The molecule has 2 heterocycles. The summed E-state index contributed by atoms with van der Waals surface area (Å²) in [6.07, 6.45) is 1.68. The van der Waals surface area contributed by atoms with Crippen LogP contribution in [0.1, 0.15) is 30.9 Å². The standard InChI is InChI=1S/C23H28FN3O3/c1-2-25-22(26-14-17-6-7-20-21(12-17)30-16-29-20)27-15-23(8-10-28-11-9-23)18-4-3-5-19(24)13-18/h3-7,12-13H,2,8-11,14-16H2,1H3,(H2,25,26,27). The van der Waals surface area contributed by atoms with E-state index in [0.717, 1.165) is 48.0 Å². The van der Waals surface area contributed by atoms with Gasteiger partial charge in [0.1, 0.15) is 5.82 Å². The van der Waals surface area contributed by atoms with Gasteiger partial charge in [-0.15, -0.1) is 0 Å². The van der Waals surface area contributed by atoms with Crippen molar-refractivity contribution < 1.29 is 18.6 Å². The normalized spacial score (nSPS) is 17.6. The van der Waals surface area contributed by atoms with Crippen LogP contribution in [0.3, 0.4) is 0 Å². The van der Waals surface area contributed by atoms with E-state index >= 15 is 0 Å². The SMILES string of the molecule is CCNC(=NCc1ccc2c(c1)OCO2)NCC1(c2cccc(F)c2)CCOCC1. The number of hydrogen-bond acceptors (Lipinski definition) is 4. The average molecular weight is 413 g/mol. The molecule has 4 rings (SSSR count). The van der Waals surface area contributed by atoms with Gasteiger partial charge in [0.25, 0.3) is 0 Å². The van der Waals surface area contributed by atoms with Crippen molar-refractivity contribution in [1.29, 1.82) is 0 Å². The van der Waals surface area contributed by atoms with Gasteiger partial charge in [0.2, 0.25) is 6.79 Å². The highest BCUT2D eigenvalue weighted by atomic mass is 19.1. The number of benzene rings is 2. The molecule has 0 aliphatic carbocycles. The van der Waals surface area contributed by atoms with Gasteiger partial charge in [-0.1, -0.05) is 18.2 Å². The average Bonchev–Trinajstić information content (AvgIpc) is 3.24. The molecule has 2 aromatic carbocycles. The predicted molar refractivity (Wildman–Crippen MR) is 114 cm³/mol. The van der Waals surface area contributed by atoms with Gasteiger partial charge in [-0.3, -0.25) is 0 Å². The molecule has 160 valence electrons. The summed E-state index contributed by atoms with van der Waals surface area (Å²) in [5.41, 5.74) is 1.86. The van der Waals surface area contributed by atoms with Crippen LogP contribution in [-0.2, 0) is 16.7 Å². The van der Waals surface area contributed by atoms with Crippen LogP contribution in [-0.4, -0.2) is 39.1 Å². The third-order valence-electron chi connectivity index (χ3n) is 5.68. The Hall–Kier alpha value is -2.80. The van der Waals surface area contributed by atoms with Crippen LogP contribution in [0, 0.1) is 5.82 Å². The van der Waals surface area contributed by atoms with Crippen molar-refractivity contribution in [3.05, 3.63) is 59.4 Å². The van der Waals surface area contributed by atoms with Crippen LogP contribution in [0.5, 0.6) is 11.5 Å². The Morgan fingerprint density at radius 3 is 2.70 bits per heavy atom. The number of aliphatic imine (C=N–C) groups is 1. The molecule has 0 saturated carbocycles. The zero-order valence-electron chi connectivity index (χ0n) is 17.2. The lowest BCUT2D eigenvalue weighted by atomic mass is 9.74. The molecule has 0 atom stereocenters. The van der Waals surface area contributed by atoms with Crippen LogP contribution >= 0.6 is 0 Å². The van der Waals surface area contributed by atoms with Gasteiger partial charge >= 0.3 is 0 Å². The highest BCUT2D eigenvalue weighted by Gasteiger charge is 2.35. The number of hydrogen-bond donors (Lipinski definition) is 2. The Morgan fingerprint density at radius 2 is 1.90 bits per heavy atom. The molecule has 1 saturated heterocycles. The van der Waals surface area contributed by atoms with Gasteiger partial charge in [-0.2, -0.15) is 0 Å². The number of guanidine groups is 1. The maximum Gasteiger partial charge on any atom is 0.231 e. The number of fused-ring (bicyclic) bond motifs is 1. The van der Waals surface area contributed by atoms with E-state index in [0.29, 0.717) is 26.3 Å². The first kappa shape index (κ1) is 20.5. The summed E-state index contributed by atoms with van der Waals surface area (Å²) in [5, 5.41) is 6.78. The predicted octanol–water partition coefficient (Wildman–Crippen LogP) is 3.36. The summed E-state index contributed by atoms with van der Waals surface area (Å²) < 4.78 is 30.3. The molecule has 0 radical (unpaired) electrons. The van der Waals surface area contributed by atoms with Crippen molar-refractivity contribution in [3.8, 4) is 11.5 Å². The van der Waals surface area contributed by atoms with E-state index in [9.17, 15) is 4.39 Å². The van der Waals surface area contributed by atoms with E-state index in [1.54, 1.807) is 12.1 Å². The second-order valence-electron chi connectivity index (χ2n) is 7.64. The Kier molecular flexibility index (Phi) is 6.38. The van der Waals surface area contributed by atoms with Crippen molar-refractivity contribution in [2.24, 2.45) is 4.99 Å². The van der Waals surface area contributed by atoms with Crippen molar-refractivity contribution in [2.45, 2.75) is 31.7 Å². The maximum atomic E-state index is 13.9. The van der Waals surface area contributed by atoms with Gasteiger partial charge in [0.05, 0.1) is 6.54 Å². The molecule has 1 fully saturated rings. The lowest BCUT2D eigenvalue weighted by Crippen LogP contribution is -2.48. The van der Waals surface area contributed by atoms with Crippen molar-refractivity contribution in [2.75, 3.05) is 33.1 Å². The fourth-order valence-electron chi connectivity index (χ4n) is 3.95. The second kappa shape index (κ2) is 9.34. The summed E-state index contributed by atoms with van der Waals surface area (Å²) in [7, 11) is 0. The number of rotatable bonds is 6. The van der Waals surface area contributed by atoms with Crippen molar-refractivity contribution in [3.63, 3.8) is 0 Å². The summed E-state index contributed by atoms with van der Waals surface area (Å²) in [4.78, 5) is 4.73. The van der Waals surface area contributed by atoms with Crippen LogP contribution < -0.4 is 20.1 Å². The van der Waals surface area contributed by atoms with Gasteiger partial charge in [-0.25, -0.2) is 9.38 Å². The number of nitrogens with one attached hydrogen (secondary N) is 2. The van der Waals surface area contributed by atoms with Gasteiger partial charge < -0.3 is 24.8 Å². The Morgan fingerprint density at radius 1 is 1.07 bits per heavy atom. The van der Waals surface area contributed by atoms with Crippen molar-refractivity contribution >= 4 is 5.96 Å². The number of nitrogens with zero attached hydrogens (tertiary/aromatic N) is 1. The van der Waals surface area contributed by atoms with E-state index in [1.165, 1.54) is 6.07 Å². The zero-order chi connectivity index (χ0) is 20.8. The summed E-state index contributed by atoms with van der Waals surface area (Å²) >= 11 is 0. The topological polar surface area (TPSA) is 64.1 Å². The molecule has 2 aromatic rings. The largest absolute Gasteiger partial charge is 0.454 e. The van der Waals surface area contributed by atoms with Gasteiger partial charge in [-0.05, 0) is 55.2 Å². The first-order valence-corrected chi connectivity index (χ1v) is 10.4. The highest BCUT2D eigenvalue weighted by molar-refractivity contribution is 5.79. The number of ether oxygens (including phenoxy) is 3. The fraction of sp³-hybridized carbons (Fsp3) is 0.435. The Balaban J connectivity index is 1.48. The molecule has 0 amide bonds. The smallest absolute Gasteiger partial charge is 0.231 e. The summed E-state index contributed by atoms with van der Waals surface area (Å²) in [6.45, 7) is 5.57. The molecule has 2 N–H and O–H groups in total. The Labute approximate surface area is 176 Å². The first-order valence-electron chi connectivity index (χ1n) is 10.4. The van der Waals surface area contributed by atoms with Crippen LogP contribution in [0.15, 0.2) is 47.5 Å². The molecular formula is C23H28FN3O3. The van der Waals surface area contributed by atoms with Crippen molar-refractivity contribution in [1.82, 2.24) is 10.6 Å². The Bertz CT molecular complexity index is 897. The molecule has 0 unspecified atom stereocenters. The third kappa shape index (κ3) is 4.67. The lowest BCUT2D eigenvalue weighted by molar-refractivity contribution is 0.0513. The fourth-order valence-corrected chi connectivity index (χ4v) is 3.95. The monoisotopic (exact) mass is 413 g/mol. The van der Waals surface area contributed by atoms with Crippen LogP contribution in [0.25, 0.3) is 0 Å². The molecule has 0 aromatic heterocycles. The third-order valence-corrected chi connectivity index (χ3v) is 5.68. The molecule has 7 heteroatoms. The first-order chi connectivity index (χ1) is 14.7. The summed E-state index contributed by atoms with van der Waals surface area (Å²) in [5.74, 6) is 2.05. The maximum absolute atomic E-state index is 13.9. The van der Waals surface area contributed by atoms with Gasteiger partial charge in [0, 0.05) is 31.7 Å². The van der Waals surface area contributed by atoms with E-state index in [1.807, 2.05) is 31.2 Å². The molecule has 6 nitrogen and oxygen atoms in total. The minimum absolute atomic E-state index is 0.185. The van der Waals surface area contributed by atoms with E-state index < -0.39 is 0 Å². The minimum atomic E-state index is -0.207. The zero-order valence-corrected chi connectivity index (χ0v) is 17.2. The molecule has 0 spiro atoms. The minimum Gasteiger partial charge on any atom is -0.454 e. The molecule has 2 aliphatic rings. The second-order valence-corrected chi connectivity index (χ2v) is 7.64. The van der Waals surface area contributed by atoms with E-state index in [2.05, 4.69) is 10.6 Å². The molecule has 2 aliphatic heterocycles. The quantitative estimate of drug-likeness (QED) is 0.562. The molecular weight excluding hydrogens is 385 g/mol. The van der Waals surface area contributed by atoms with Crippen LogP contribution in [0.4, 0.5) is 4.39 Å². The number of halogens is 1. The summed E-state index contributed by atoms with van der Waals surface area (Å²) in [6, 6.07) is 12.8. The van der Waals surface area contributed by atoms with Gasteiger partial charge in [0.15, 0.2) is 17.5 Å². The van der Waals surface area contributed by atoms with Crippen LogP contribution in [0.2, 0.25) is 0 Å². The molecule has 30 heavy (non-hydrogen) atoms. The molecule has 0 bridgehead atoms. The van der Waals surface area contributed by atoms with E-state index in [4.69, 9.17) is 19.2 Å². The van der Waals surface area contributed by atoms with E-state index in [-0.39, 0.29) is 18.0 Å².